The first-order valence-electron chi connectivity index (χ1n) is 11.6. The van der Waals surface area contributed by atoms with Gasteiger partial charge in [-0.2, -0.15) is 0 Å². The van der Waals surface area contributed by atoms with Crippen LogP contribution in [-0.4, -0.2) is 24.9 Å². The summed E-state index contributed by atoms with van der Waals surface area (Å²) in [4.78, 5) is 2.68. The third-order valence-electron chi connectivity index (χ3n) is 7.00. The molecule has 0 saturated carbocycles. The van der Waals surface area contributed by atoms with Crippen LogP contribution in [0.2, 0.25) is 0 Å². The Morgan fingerprint density at radius 1 is 0.500 bits per heavy atom. The van der Waals surface area contributed by atoms with Crippen molar-refractivity contribution in [3.8, 4) is 0 Å². The summed E-state index contributed by atoms with van der Waals surface area (Å²) in [5.74, 6) is 0. The number of rotatable bonds is 2. The maximum atomic E-state index is 2.61. The van der Waals surface area contributed by atoms with E-state index in [0.29, 0.717) is 0 Å². The molecule has 4 heteroatoms. The van der Waals surface area contributed by atoms with E-state index in [1.165, 1.54) is 43.7 Å². The highest BCUT2D eigenvalue weighted by molar-refractivity contribution is 8.17. The van der Waals surface area contributed by atoms with Crippen molar-refractivity contribution >= 4 is 46.3 Å². The summed E-state index contributed by atoms with van der Waals surface area (Å²) in [6.45, 7) is 4.79. The van der Waals surface area contributed by atoms with Crippen LogP contribution in [0.25, 0.3) is 0 Å². The lowest BCUT2D eigenvalue weighted by molar-refractivity contribution is -0.702. The quantitative estimate of drug-likeness (QED) is 0.276. The molecule has 3 bridgehead atoms. The lowest BCUT2D eigenvalue weighted by Gasteiger charge is -2.43. The van der Waals surface area contributed by atoms with Gasteiger partial charge in [0, 0.05) is 57.6 Å². The molecular weight excluding hydrogens is 452 g/mol. The van der Waals surface area contributed by atoms with Crippen LogP contribution >= 0.6 is 23.5 Å². The van der Waals surface area contributed by atoms with Gasteiger partial charge in [0.25, 0.3) is 0 Å². The number of nitrogens with zero attached hydrogens (tertiary/aromatic N) is 2. The van der Waals surface area contributed by atoms with Gasteiger partial charge in [0.05, 0.1) is 11.1 Å². The van der Waals surface area contributed by atoms with Crippen molar-refractivity contribution in [2.45, 2.75) is 28.0 Å². The smallest absolute Gasteiger partial charge is 0.110 e. The SMILES string of the molecule is CC1(C)C2=[N+](c3ccccc3)C3(Sc4ccccc42)Sc2ccccc2C1=[N+]3c1ccccc1. The van der Waals surface area contributed by atoms with E-state index in [0.717, 1.165) is 0 Å². The van der Waals surface area contributed by atoms with Crippen molar-refractivity contribution in [3.05, 3.63) is 120 Å². The maximum Gasteiger partial charge on any atom is 0.471 e. The second kappa shape index (κ2) is 7.21. The molecule has 164 valence electrons. The van der Waals surface area contributed by atoms with Crippen molar-refractivity contribution in [1.29, 1.82) is 0 Å². The zero-order valence-corrected chi connectivity index (χ0v) is 20.7. The fourth-order valence-corrected chi connectivity index (χ4v) is 8.97. The number of benzene rings is 4. The molecule has 1 spiro atoms. The predicted octanol–water partition coefficient (Wildman–Crippen LogP) is 7.52. The zero-order chi connectivity index (χ0) is 22.9. The van der Waals surface area contributed by atoms with Gasteiger partial charge in [0.15, 0.2) is 0 Å². The van der Waals surface area contributed by atoms with Gasteiger partial charge in [-0.1, -0.05) is 60.7 Å². The zero-order valence-electron chi connectivity index (χ0n) is 19.1. The van der Waals surface area contributed by atoms with Crippen molar-refractivity contribution in [1.82, 2.24) is 0 Å². The molecule has 0 amide bonds. The van der Waals surface area contributed by atoms with E-state index >= 15 is 0 Å². The topological polar surface area (TPSA) is 6.02 Å². The number of para-hydroxylation sites is 2. The molecule has 0 saturated heterocycles. The Kier molecular flexibility index (Phi) is 4.31. The van der Waals surface area contributed by atoms with Gasteiger partial charge in [-0.05, 0) is 38.1 Å². The molecule has 2 nitrogen and oxygen atoms in total. The predicted molar refractivity (Wildman–Crippen MR) is 142 cm³/mol. The Bertz CT molecular complexity index is 1400. The first-order valence-corrected chi connectivity index (χ1v) is 13.3. The van der Waals surface area contributed by atoms with E-state index in [1.54, 1.807) is 0 Å². The van der Waals surface area contributed by atoms with Crippen LogP contribution in [0.5, 0.6) is 0 Å². The van der Waals surface area contributed by atoms with Gasteiger partial charge >= 0.3 is 4.33 Å². The minimum atomic E-state index is -0.411. The Morgan fingerprint density at radius 2 is 0.882 bits per heavy atom. The molecule has 0 aromatic heterocycles. The molecule has 0 radical (unpaired) electrons. The third-order valence-corrected chi connectivity index (χ3v) is 9.91. The van der Waals surface area contributed by atoms with Crippen LogP contribution in [0.15, 0.2) is 119 Å². The normalized spacial score (nSPS) is 18.9. The van der Waals surface area contributed by atoms with E-state index in [1.807, 2.05) is 23.5 Å². The van der Waals surface area contributed by atoms with E-state index in [-0.39, 0.29) is 5.41 Å². The van der Waals surface area contributed by atoms with Gasteiger partial charge in [-0.25, -0.2) is 0 Å². The minimum Gasteiger partial charge on any atom is -0.110 e. The second-order valence-electron chi connectivity index (χ2n) is 9.41. The molecule has 3 aliphatic rings. The van der Waals surface area contributed by atoms with Crippen LogP contribution in [0, 0.1) is 5.41 Å². The van der Waals surface area contributed by atoms with Crippen LogP contribution in [0.1, 0.15) is 25.0 Å². The van der Waals surface area contributed by atoms with Crippen LogP contribution < -0.4 is 0 Å². The number of thioether (sulfide) groups is 2. The molecule has 7 rings (SSSR count). The Hall–Kier alpha value is -3.08. The molecule has 3 heterocycles. The van der Waals surface area contributed by atoms with E-state index < -0.39 is 4.33 Å². The van der Waals surface area contributed by atoms with E-state index in [4.69, 9.17) is 0 Å². The lowest BCUT2D eigenvalue weighted by Crippen LogP contribution is -2.62. The largest absolute Gasteiger partial charge is 0.471 e. The number of hydrogen-bond donors (Lipinski definition) is 0. The van der Waals surface area contributed by atoms with Gasteiger partial charge in [0.1, 0.15) is 5.41 Å². The molecule has 0 atom stereocenters. The number of hydrogen-bond acceptors (Lipinski definition) is 2. The fourth-order valence-electron chi connectivity index (χ4n) is 5.70. The highest BCUT2D eigenvalue weighted by Gasteiger charge is 2.71. The Balaban J connectivity index is 1.69. The van der Waals surface area contributed by atoms with Gasteiger partial charge in [0.2, 0.25) is 22.8 Å². The molecule has 0 N–H and O–H groups in total. The van der Waals surface area contributed by atoms with Gasteiger partial charge in [-0.3, -0.25) is 0 Å². The summed E-state index contributed by atoms with van der Waals surface area (Å²) in [6, 6.07) is 39.7. The average molecular weight is 477 g/mol. The lowest BCUT2D eigenvalue weighted by atomic mass is 9.74. The average Bonchev–Trinajstić information content (AvgIpc) is 2.87. The standard InChI is InChI=1S/C30H24N2S2/c1-29(2)27-23-17-9-11-19-25(23)33-30(31(27)21-13-5-3-6-14-21)32(22-15-7-4-8-16-22)28(29)24-18-10-12-20-26(24)34-30/h3-20H,1-2H3/q+2. The molecule has 34 heavy (non-hydrogen) atoms. The fraction of sp³-hybridized carbons (Fsp3) is 0.133. The van der Waals surface area contributed by atoms with E-state index in [9.17, 15) is 0 Å². The highest BCUT2D eigenvalue weighted by Crippen LogP contribution is 2.61. The Morgan fingerprint density at radius 3 is 1.32 bits per heavy atom. The van der Waals surface area contributed by atoms with Gasteiger partial charge < -0.3 is 0 Å². The van der Waals surface area contributed by atoms with Gasteiger partial charge in [-0.15, -0.1) is 9.15 Å². The first-order chi connectivity index (χ1) is 16.6. The summed E-state index contributed by atoms with van der Waals surface area (Å²) in [5, 5.41) is 0. The molecule has 0 fully saturated rings. The van der Waals surface area contributed by atoms with Crippen molar-refractivity contribution in [2.75, 3.05) is 0 Å². The third kappa shape index (κ3) is 2.61. The van der Waals surface area contributed by atoms with Crippen LogP contribution in [0.4, 0.5) is 11.4 Å². The number of fused-ring (bicyclic) bond motifs is 4. The molecule has 4 aromatic rings. The van der Waals surface area contributed by atoms with Crippen molar-refractivity contribution < 1.29 is 9.15 Å². The molecule has 0 aliphatic carbocycles. The van der Waals surface area contributed by atoms with E-state index in [2.05, 4.69) is 132 Å². The maximum absolute atomic E-state index is 2.61. The monoisotopic (exact) mass is 476 g/mol. The summed E-state index contributed by atoms with van der Waals surface area (Å²) in [6.07, 6.45) is 0. The second-order valence-corrected chi connectivity index (χ2v) is 12.1. The first kappa shape index (κ1) is 20.3. The molecule has 3 aliphatic heterocycles. The van der Waals surface area contributed by atoms with Crippen LogP contribution in [-0.2, 0) is 0 Å². The summed E-state index contributed by atoms with van der Waals surface area (Å²) in [5.41, 5.74) is 7.63. The van der Waals surface area contributed by atoms with Crippen LogP contribution in [0.3, 0.4) is 0 Å². The summed E-state index contributed by atoms with van der Waals surface area (Å²) < 4.78 is 4.81. The molecular formula is C30H24N2S2+2. The molecule has 4 aromatic carbocycles. The summed E-state index contributed by atoms with van der Waals surface area (Å²) in [7, 11) is 0. The Labute approximate surface area is 208 Å². The van der Waals surface area contributed by atoms with Crippen molar-refractivity contribution in [3.63, 3.8) is 0 Å². The highest BCUT2D eigenvalue weighted by atomic mass is 32.2. The summed E-state index contributed by atoms with van der Waals surface area (Å²) >= 11 is 3.92. The van der Waals surface area contributed by atoms with Crippen molar-refractivity contribution in [2.24, 2.45) is 5.41 Å². The molecule has 0 unspecified atom stereocenters. The minimum absolute atomic E-state index is 0.233.